The molecular formula is C18H20BrN3O3S. The molecule has 0 spiro atoms. The van der Waals surface area contributed by atoms with Crippen LogP contribution in [0.4, 0.5) is 5.69 Å². The van der Waals surface area contributed by atoms with Crippen molar-refractivity contribution in [2.45, 2.75) is 38.1 Å². The molecule has 1 aromatic carbocycles. The molecule has 1 atom stereocenters. The topological polar surface area (TPSA) is 81.1 Å². The first-order chi connectivity index (χ1) is 12.3. The van der Waals surface area contributed by atoms with Crippen molar-refractivity contribution in [1.29, 1.82) is 0 Å². The normalized spacial score (nSPS) is 21.7. The van der Waals surface area contributed by atoms with Crippen molar-refractivity contribution in [3.63, 3.8) is 0 Å². The molecule has 6 nitrogen and oxygen atoms in total. The second-order valence-corrected chi connectivity index (χ2v) is 10.2. The molecule has 4 rings (SSSR count). The molecule has 8 heteroatoms. The number of rotatable bonds is 4. The summed E-state index contributed by atoms with van der Waals surface area (Å²) < 4.78 is 26.4. The number of benzene rings is 1. The average Bonchev–Trinajstić information content (AvgIpc) is 3.22. The lowest BCUT2D eigenvalue weighted by Crippen LogP contribution is -2.17. The van der Waals surface area contributed by atoms with Gasteiger partial charge in [0.1, 0.15) is 0 Å². The summed E-state index contributed by atoms with van der Waals surface area (Å²) in [6.45, 7) is 1.98. The lowest BCUT2D eigenvalue weighted by molar-refractivity contribution is 0.102. The summed E-state index contributed by atoms with van der Waals surface area (Å²) in [5.74, 6) is 0.420. The molecule has 26 heavy (non-hydrogen) atoms. The van der Waals surface area contributed by atoms with E-state index in [0.717, 1.165) is 28.6 Å². The molecule has 1 aliphatic heterocycles. The maximum absolute atomic E-state index is 12.6. The fourth-order valence-electron chi connectivity index (χ4n) is 3.33. The van der Waals surface area contributed by atoms with E-state index in [1.165, 1.54) is 0 Å². The minimum atomic E-state index is -3.00. The van der Waals surface area contributed by atoms with Crippen molar-refractivity contribution in [2.75, 3.05) is 16.8 Å². The van der Waals surface area contributed by atoms with Crippen molar-refractivity contribution in [1.82, 2.24) is 9.78 Å². The number of carbonyl (C=O) groups excluding carboxylic acids is 1. The van der Waals surface area contributed by atoms with E-state index >= 15 is 0 Å². The smallest absolute Gasteiger partial charge is 0.276 e. The number of hydrogen-bond acceptors (Lipinski definition) is 4. The highest BCUT2D eigenvalue weighted by Gasteiger charge is 2.36. The number of halogens is 1. The van der Waals surface area contributed by atoms with Gasteiger partial charge in [-0.3, -0.25) is 9.48 Å². The summed E-state index contributed by atoms with van der Waals surface area (Å²) in [7, 11) is -3.00. The number of aromatic nitrogens is 2. The van der Waals surface area contributed by atoms with E-state index in [-0.39, 0.29) is 23.5 Å². The largest absolute Gasteiger partial charge is 0.321 e. The van der Waals surface area contributed by atoms with Gasteiger partial charge in [0, 0.05) is 21.8 Å². The predicted molar refractivity (Wildman–Crippen MR) is 103 cm³/mol. The molecule has 1 saturated heterocycles. The highest BCUT2D eigenvalue weighted by Crippen LogP contribution is 2.42. The molecule has 1 saturated carbocycles. The van der Waals surface area contributed by atoms with Gasteiger partial charge < -0.3 is 5.32 Å². The number of anilines is 1. The zero-order chi connectivity index (χ0) is 18.5. The molecule has 1 unspecified atom stereocenters. The van der Waals surface area contributed by atoms with Gasteiger partial charge in [0.15, 0.2) is 15.5 Å². The first-order valence-corrected chi connectivity index (χ1v) is 11.3. The number of amides is 1. The number of carbonyl (C=O) groups is 1. The Morgan fingerprint density at radius 3 is 2.65 bits per heavy atom. The Kier molecular flexibility index (Phi) is 4.43. The fourth-order valence-corrected chi connectivity index (χ4v) is 5.40. The van der Waals surface area contributed by atoms with Crippen LogP contribution in [-0.4, -0.2) is 35.6 Å². The van der Waals surface area contributed by atoms with Crippen LogP contribution in [0.15, 0.2) is 28.7 Å². The van der Waals surface area contributed by atoms with Crippen molar-refractivity contribution in [3.8, 4) is 0 Å². The van der Waals surface area contributed by atoms with Crippen LogP contribution in [0, 0.1) is 6.92 Å². The third-order valence-corrected chi connectivity index (χ3v) is 7.58. The first kappa shape index (κ1) is 17.7. The van der Waals surface area contributed by atoms with Gasteiger partial charge in [0.2, 0.25) is 0 Å². The average molecular weight is 438 g/mol. The molecule has 1 amide bonds. The molecule has 0 bridgehead atoms. The molecule has 138 valence electrons. The van der Waals surface area contributed by atoms with Gasteiger partial charge >= 0.3 is 0 Å². The molecule has 2 aromatic rings. The van der Waals surface area contributed by atoms with Crippen molar-refractivity contribution in [3.05, 3.63) is 45.7 Å². The van der Waals surface area contributed by atoms with E-state index in [0.29, 0.717) is 23.7 Å². The lowest BCUT2D eigenvalue weighted by Gasteiger charge is -2.12. The molecule has 0 radical (unpaired) electrons. The molecule has 1 N–H and O–H groups in total. The van der Waals surface area contributed by atoms with E-state index in [1.807, 2.05) is 31.2 Å². The standard InChI is InChI=1S/C18H20BrN3O3S/c1-11-2-5-13(8-15(11)19)20-18(23)16-9-17(12-3-4-12)22(21-16)14-6-7-26(24,25)10-14/h2,5,8-9,12,14H,3-4,6-7,10H2,1H3,(H,20,23). The van der Waals surface area contributed by atoms with Crippen molar-refractivity contribution < 1.29 is 13.2 Å². The Hall–Kier alpha value is -1.67. The quantitative estimate of drug-likeness (QED) is 0.793. The number of nitrogens with one attached hydrogen (secondary N) is 1. The summed E-state index contributed by atoms with van der Waals surface area (Å²) in [5, 5.41) is 7.35. The van der Waals surface area contributed by atoms with Gasteiger partial charge in [-0.2, -0.15) is 5.10 Å². The molecule has 1 aliphatic carbocycles. The summed E-state index contributed by atoms with van der Waals surface area (Å²) in [5.41, 5.74) is 3.11. The van der Waals surface area contributed by atoms with Crippen molar-refractivity contribution in [2.24, 2.45) is 0 Å². The Bertz CT molecular complexity index is 980. The first-order valence-electron chi connectivity index (χ1n) is 8.70. The van der Waals surface area contributed by atoms with Crippen LogP contribution in [0.5, 0.6) is 0 Å². The van der Waals surface area contributed by atoms with Gasteiger partial charge in [-0.1, -0.05) is 22.0 Å². The van der Waals surface area contributed by atoms with Crippen LogP contribution < -0.4 is 5.32 Å². The number of hydrogen-bond donors (Lipinski definition) is 1. The molecule has 2 fully saturated rings. The summed E-state index contributed by atoms with van der Waals surface area (Å²) >= 11 is 3.46. The Labute approximate surface area is 161 Å². The molecule has 2 aliphatic rings. The maximum Gasteiger partial charge on any atom is 0.276 e. The summed E-state index contributed by atoms with van der Waals surface area (Å²) in [4.78, 5) is 12.6. The van der Waals surface area contributed by atoms with Crippen LogP contribution in [-0.2, 0) is 9.84 Å². The highest BCUT2D eigenvalue weighted by molar-refractivity contribution is 9.10. The number of nitrogens with zero attached hydrogens (tertiary/aromatic N) is 2. The maximum atomic E-state index is 12.6. The van der Waals surface area contributed by atoms with Gasteiger partial charge in [-0.15, -0.1) is 0 Å². The summed E-state index contributed by atoms with van der Waals surface area (Å²) in [6.07, 6.45) is 2.70. The second kappa shape index (κ2) is 6.49. The third-order valence-electron chi connectivity index (χ3n) is 4.98. The zero-order valence-electron chi connectivity index (χ0n) is 14.4. The number of sulfone groups is 1. The van der Waals surface area contributed by atoms with Crippen LogP contribution >= 0.6 is 15.9 Å². The van der Waals surface area contributed by atoms with Crippen LogP contribution in [0.1, 0.15) is 53.0 Å². The lowest BCUT2D eigenvalue weighted by atomic mass is 10.2. The Balaban J connectivity index is 1.59. The Morgan fingerprint density at radius 1 is 1.27 bits per heavy atom. The van der Waals surface area contributed by atoms with Gasteiger partial charge in [-0.25, -0.2) is 8.42 Å². The van der Waals surface area contributed by atoms with Crippen LogP contribution in [0.25, 0.3) is 0 Å². The van der Waals surface area contributed by atoms with E-state index in [1.54, 1.807) is 4.68 Å². The molecular weight excluding hydrogens is 418 g/mol. The Morgan fingerprint density at radius 2 is 2.04 bits per heavy atom. The fraction of sp³-hybridized carbons (Fsp3) is 0.444. The van der Waals surface area contributed by atoms with Crippen LogP contribution in [0.3, 0.4) is 0 Å². The van der Waals surface area contributed by atoms with Crippen LogP contribution in [0.2, 0.25) is 0 Å². The zero-order valence-corrected chi connectivity index (χ0v) is 16.8. The molecule has 2 heterocycles. The van der Waals surface area contributed by atoms with Crippen molar-refractivity contribution >= 4 is 37.4 Å². The monoisotopic (exact) mass is 437 g/mol. The highest BCUT2D eigenvalue weighted by atomic mass is 79.9. The van der Waals surface area contributed by atoms with Gasteiger partial charge in [-0.05, 0) is 49.9 Å². The van der Waals surface area contributed by atoms with Gasteiger partial charge in [0.05, 0.1) is 17.5 Å². The van der Waals surface area contributed by atoms with E-state index in [2.05, 4.69) is 26.3 Å². The third kappa shape index (κ3) is 3.57. The minimum Gasteiger partial charge on any atom is -0.321 e. The minimum absolute atomic E-state index is 0.111. The number of aryl methyl sites for hydroxylation is 1. The second-order valence-electron chi connectivity index (χ2n) is 7.15. The molecule has 1 aromatic heterocycles. The van der Waals surface area contributed by atoms with Gasteiger partial charge in [0.25, 0.3) is 5.91 Å². The van der Waals surface area contributed by atoms with E-state index in [9.17, 15) is 13.2 Å². The van der Waals surface area contributed by atoms with E-state index in [4.69, 9.17) is 0 Å². The SMILES string of the molecule is Cc1ccc(NC(=O)c2cc(C3CC3)n(C3CCS(=O)(=O)C3)n2)cc1Br. The summed E-state index contributed by atoms with van der Waals surface area (Å²) in [6, 6.07) is 7.29. The predicted octanol–water partition coefficient (Wildman–Crippen LogP) is 3.44. The van der Waals surface area contributed by atoms with E-state index < -0.39 is 9.84 Å².